The lowest BCUT2D eigenvalue weighted by atomic mass is 10.1. The van der Waals surface area contributed by atoms with Gasteiger partial charge in [0.1, 0.15) is 0 Å². The highest BCUT2D eigenvalue weighted by atomic mass is 32.1. The number of hydrogen-bond acceptors (Lipinski definition) is 3. The van der Waals surface area contributed by atoms with Crippen molar-refractivity contribution >= 4 is 22.9 Å². The monoisotopic (exact) mass is 246 g/mol. The fraction of sp³-hybridized carbons (Fsp3) is 0.154. The standard InChI is InChI=1S/C13H14N2OS/c1-9-6-7-10(17-9)8-15-13(16)11-4-2-3-5-12(11)14/h2-7H,8,14H2,1H3,(H,15,16). The van der Waals surface area contributed by atoms with E-state index in [1.165, 1.54) is 4.88 Å². The fourth-order valence-corrected chi connectivity index (χ4v) is 2.38. The lowest BCUT2D eigenvalue weighted by Gasteiger charge is -2.05. The molecule has 2 aromatic rings. The number of thiophene rings is 1. The zero-order valence-electron chi connectivity index (χ0n) is 9.57. The molecule has 0 aliphatic rings. The Morgan fingerprint density at radius 1 is 1.29 bits per heavy atom. The minimum absolute atomic E-state index is 0.130. The molecule has 3 nitrogen and oxygen atoms in total. The number of rotatable bonds is 3. The molecule has 0 saturated carbocycles. The largest absolute Gasteiger partial charge is 0.398 e. The minimum atomic E-state index is -0.130. The smallest absolute Gasteiger partial charge is 0.253 e. The average Bonchev–Trinajstić information content (AvgIpc) is 2.73. The number of para-hydroxylation sites is 1. The first-order valence-electron chi connectivity index (χ1n) is 5.35. The Morgan fingerprint density at radius 3 is 2.71 bits per heavy atom. The summed E-state index contributed by atoms with van der Waals surface area (Å²) in [5, 5.41) is 2.86. The van der Waals surface area contributed by atoms with Crippen LogP contribution in [-0.2, 0) is 6.54 Å². The summed E-state index contributed by atoms with van der Waals surface area (Å²) in [4.78, 5) is 14.2. The highest BCUT2D eigenvalue weighted by molar-refractivity contribution is 7.11. The zero-order valence-corrected chi connectivity index (χ0v) is 10.4. The van der Waals surface area contributed by atoms with E-state index < -0.39 is 0 Å². The topological polar surface area (TPSA) is 55.1 Å². The van der Waals surface area contributed by atoms with Gasteiger partial charge < -0.3 is 11.1 Å². The summed E-state index contributed by atoms with van der Waals surface area (Å²) >= 11 is 1.68. The van der Waals surface area contributed by atoms with Crippen LogP contribution in [0.1, 0.15) is 20.1 Å². The Labute approximate surface area is 104 Å². The van der Waals surface area contributed by atoms with Crippen molar-refractivity contribution in [2.75, 3.05) is 5.73 Å². The molecule has 0 atom stereocenters. The van der Waals surface area contributed by atoms with E-state index in [0.717, 1.165) is 4.88 Å². The molecule has 0 spiro atoms. The third-order valence-electron chi connectivity index (χ3n) is 2.42. The van der Waals surface area contributed by atoms with Crippen LogP contribution in [-0.4, -0.2) is 5.91 Å². The number of nitrogens with two attached hydrogens (primary N) is 1. The molecular weight excluding hydrogens is 232 g/mol. The van der Waals surface area contributed by atoms with Gasteiger partial charge in [-0.3, -0.25) is 4.79 Å². The number of anilines is 1. The summed E-state index contributed by atoms with van der Waals surface area (Å²) in [6.07, 6.45) is 0. The second kappa shape index (κ2) is 5.01. The Bertz CT molecular complexity index is 534. The van der Waals surface area contributed by atoms with Crippen LogP contribution in [0.5, 0.6) is 0 Å². The fourth-order valence-electron chi connectivity index (χ4n) is 1.55. The third kappa shape index (κ3) is 2.85. The van der Waals surface area contributed by atoms with E-state index in [9.17, 15) is 4.79 Å². The molecule has 0 aliphatic heterocycles. The van der Waals surface area contributed by atoms with Gasteiger partial charge in [-0.2, -0.15) is 0 Å². The van der Waals surface area contributed by atoms with E-state index >= 15 is 0 Å². The van der Waals surface area contributed by atoms with Gasteiger partial charge in [0.15, 0.2) is 0 Å². The predicted molar refractivity (Wildman–Crippen MR) is 71.1 cm³/mol. The number of nitrogens with one attached hydrogen (secondary N) is 1. The predicted octanol–water partition coefficient (Wildman–Crippen LogP) is 2.57. The maximum absolute atomic E-state index is 11.9. The molecule has 2 rings (SSSR count). The lowest BCUT2D eigenvalue weighted by molar-refractivity contribution is 0.0952. The van der Waals surface area contributed by atoms with Gasteiger partial charge in [-0.1, -0.05) is 12.1 Å². The highest BCUT2D eigenvalue weighted by Gasteiger charge is 2.08. The van der Waals surface area contributed by atoms with Crippen LogP contribution in [0.25, 0.3) is 0 Å². The van der Waals surface area contributed by atoms with Crippen LogP contribution >= 0.6 is 11.3 Å². The maximum Gasteiger partial charge on any atom is 0.253 e. The van der Waals surface area contributed by atoms with Crippen LogP contribution in [0.15, 0.2) is 36.4 Å². The van der Waals surface area contributed by atoms with E-state index in [2.05, 4.69) is 5.32 Å². The molecule has 0 unspecified atom stereocenters. The van der Waals surface area contributed by atoms with Crippen molar-refractivity contribution in [1.29, 1.82) is 0 Å². The number of benzene rings is 1. The first kappa shape index (κ1) is 11.7. The number of hydrogen-bond donors (Lipinski definition) is 2. The molecule has 1 amide bonds. The molecule has 3 N–H and O–H groups in total. The molecule has 17 heavy (non-hydrogen) atoms. The van der Waals surface area contributed by atoms with Gasteiger partial charge in [0, 0.05) is 15.4 Å². The molecule has 0 radical (unpaired) electrons. The summed E-state index contributed by atoms with van der Waals surface area (Å²) in [5.74, 6) is -0.130. The van der Waals surface area contributed by atoms with Crippen molar-refractivity contribution in [3.05, 3.63) is 51.7 Å². The van der Waals surface area contributed by atoms with Crippen molar-refractivity contribution in [2.45, 2.75) is 13.5 Å². The molecule has 1 aromatic heterocycles. The second-order valence-electron chi connectivity index (χ2n) is 3.78. The van der Waals surface area contributed by atoms with Crippen molar-refractivity contribution in [1.82, 2.24) is 5.32 Å². The SMILES string of the molecule is Cc1ccc(CNC(=O)c2ccccc2N)s1. The van der Waals surface area contributed by atoms with Crippen molar-refractivity contribution in [3.63, 3.8) is 0 Å². The zero-order chi connectivity index (χ0) is 12.3. The van der Waals surface area contributed by atoms with Gasteiger partial charge in [0.2, 0.25) is 0 Å². The van der Waals surface area contributed by atoms with Crippen LogP contribution in [0.4, 0.5) is 5.69 Å². The molecule has 0 fully saturated rings. The number of carbonyl (C=O) groups is 1. The average molecular weight is 246 g/mol. The summed E-state index contributed by atoms with van der Waals surface area (Å²) in [7, 11) is 0. The molecule has 1 aromatic carbocycles. The number of nitrogen functional groups attached to an aromatic ring is 1. The first-order valence-corrected chi connectivity index (χ1v) is 6.16. The van der Waals surface area contributed by atoms with Gasteiger partial charge in [0.05, 0.1) is 12.1 Å². The Morgan fingerprint density at radius 2 is 2.06 bits per heavy atom. The first-order chi connectivity index (χ1) is 8.16. The van der Waals surface area contributed by atoms with E-state index in [-0.39, 0.29) is 5.91 Å². The Balaban J connectivity index is 2.01. The maximum atomic E-state index is 11.9. The molecule has 88 valence electrons. The van der Waals surface area contributed by atoms with Gasteiger partial charge in [-0.25, -0.2) is 0 Å². The summed E-state index contributed by atoms with van der Waals surface area (Å²) in [6, 6.07) is 11.1. The minimum Gasteiger partial charge on any atom is -0.398 e. The number of aryl methyl sites for hydroxylation is 1. The normalized spacial score (nSPS) is 10.2. The number of carbonyl (C=O) groups excluding carboxylic acids is 1. The molecule has 0 aliphatic carbocycles. The molecule has 4 heteroatoms. The highest BCUT2D eigenvalue weighted by Crippen LogP contribution is 2.15. The lowest BCUT2D eigenvalue weighted by Crippen LogP contribution is -2.23. The Hall–Kier alpha value is -1.81. The van der Waals surface area contributed by atoms with E-state index in [4.69, 9.17) is 5.73 Å². The summed E-state index contributed by atoms with van der Waals surface area (Å²) in [5.41, 5.74) is 6.77. The third-order valence-corrected chi connectivity index (χ3v) is 3.43. The summed E-state index contributed by atoms with van der Waals surface area (Å²) in [6.45, 7) is 2.59. The molecule has 1 heterocycles. The molecule has 0 bridgehead atoms. The van der Waals surface area contributed by atoms with E-state index in [1.54, 1.807) is 29.5 Å². The Kier molecular flexibility index (Phi) is 3.44. The van der Waals surface area contributed by atoms with Gasteiger partial charge in [0.25, 0.3) is 5.91 Å². The number of amides is 1. The van der Waals surface area contributed by atoms with Gasteiger partial charge >= 0.3 is 0 Å². The van der Waals surface area contributed by atoms with E-state index in [0.29, 0.717) is 17.8 Å². The van der Waals surface area contributed by atoms with Crippen molar-refractivity contribution in [2.24, 2.45) is 0 Å². The van der Waals surface area contributed by atoms with E-state index in [1.807, 2.05) is 25.1 Å². The quantitative estimate of drug-likeness (QED) is 0.818. The van der Waals surface area contributed by atoms with Gasteiger partial charge in [-0.05, 0) is 31.2 Å². The second-order valence-corrected chi connectivity index (χ2v) is 5.15. The molecular formula is C13H14N2OS. The van der Waals surface area contributed by atoms with Crippen LogP contribution in [0.3, 0.4) is 0 Å². The van der Waals surface area contributed by atoms with Crippen LogP contribution in [0.2, 0.25) is 0 Å². The summed E-state index contributed by atoms with van der Waals surface area (Å²) < 4.78 is 0. The van der Waals surface area contributed by atoms with Crippen molar-refractivity contribution in [3.8, 4) is 0 Å². The van der Waals surface area contributed by atoms with Crippen molar-refractivity contribution < 1.29 is 4.79 Å². The van der Waals surface area contributed by atoms with Crippen LogP contribution < -0.4 is 11.1 Å². The molecule has 0 saturated heterocycles. The van der Waals surface area contributed by atoms with Crippen LogP contribution in [0, 0.1) is 6.92 Å². The van der Waals surface area contributed by atoms with Gasteiger partial charge in [-0.15, -0.1) is 11.3 Å².